The predicted molar refractivity (Wildman–Crippen MR) is 55.8 cm³/mol. The molecule has 5 heteroatoms. The Morgan fingerprint density at radius 3 is 2.73 bits per heavy atom. The predicted octanol–water partition coefficient (Wildman–Crippen LogP) is 1.13. The van der Waals surface area contributed by atoms with Crippen LogP contribution in [0.3, 0.4) is 0 Å². The molecule has 2 atom stereocenters. The number of ether oxygens (including phenoxy) is 1. The van der Waals surface area contributed by atoms with Crippen molar-refractivity contribution in [3.63, 3.8) is 0 Å². The Balaban J connectivity index is 2.88. The second kappa shape index (κ2) is 4.91. The summed E-state index contributed by atoms with van der Waals surface area (Å²) in [6, 6.07) is -0.621. The topological polar surface area (TPSA) is 67.8 Å². The van der Waals surface area contributed by atoms with E-state index in [0.29, 0.717) is 18.7 Å². The van der Waals surface area contributed by atoms with Crippen LogP contribution in [-0.2, 0) is 9.53 Å². The summed E-state index contributed by atoms with van der Waals surface area (Å²) in [6.45, 7) is 5.75. The molecule has 2 unspecified atom stereocenters. The molecule has 0 saturated carbocycles. The number of rotatable bonds is 3. The second-order valence-corrected chi connectivity index (χ2v) is 3.42. The fourth-order valence-electron chi connectivity index (χ4n) is 1.67. The molecule has 0 spiro atoms. The highest BCUT2D eigenvalue weighted by Crippen LogP contribution is 2.16. The van der Waals surface area contributed by atoms with Crippen molar-refractivity contribution < 1.29 is 14.3 Å². The quantitative estimate of drug-likeness (QED) is 0.713. The molecule has 1 heterocycles. The third-order valence-corrected chi connectivity index (χ3v) is 2.36. The zero-order chi connectivity index (χ0) is 11.4. The van der Waals surface area contributed by atoms with Gasteiger partial charge in [0.15, 0.2) is 0 Å². The van der Waals surface area contributed by atoms with Gasteiger partial charge in [-0.25, -0.2) is 9.79 Å². The van der Waals surface area contributed by atoms with Gasteiger partial charge in [0, 0.05) is 11.8 Å². The van der Waals surface area contributed by atoms with Crippen LogP contribution < -0.4 is 5.32 Å². The summed E-state index contributed by atoms with van der Waals surface area (Å²) in [7, 11) is 0. The lowest BCUT2D eigenvalue weighted by atomic mass is 9.92. The molecule has 0 aromatic carbocycles. The highest BCUT2D eigenvalue weighted by Gasteiger charge is 2.35. The SMILES string of the molecule is CCOC(=O)C1C(CC)=NC(=O)NC1C. The van der Waals surface area contributed by atoms with Gasteiger partial charge >= 0.3 is 12.0 Å². The van der Waals surface area contributed by atoms with E-state index in [4.69, 9.17) is 4.74 Å². The number of nitrogens with zero attached hydrogens (tertiary/aromatic N) is 1. The maximum absolute atomic E-state index is 11.6. The van der Waals surface area contributed by atoms with Crippen LogP contribution in [0.15, 0.2) is 4.99 Å². The maximum Gasteiger partial charge on any atom is 0.341 e. The highest BCUT2D eigenvalue weighted by atomic mass is 16.5. The lowest BCUT2D eigenvalue weighted by Crippen LogP contribution is -2.48. The molecular formula is C10H16N2O3. The Labute approximate surface area is 88.9 Å². The Hall–Kier alpha value is -1.39. The van der Waals surface area contributed by atoms with Gasteiger partial charge in [-0.2, -0.15) is 0 Å². The standard InChI is InChI=1S/C10H16N2O3/c1-4-7-8(9(13)15-5-2)6(3)11-10(14)12-7/h6,8H,4-5H2,1-3H3,(H,11,14). The zero-order valence-electron chi connectivity index (χ0n) is 9.24. The number of aliphatic imine (C=N–C) groups is 1. The highest BCUT2D eigenvalue weighted by molar-refractivity contribution is 6.08. The molecule has 5 nitrogen and oxygen atoms in total. The van der Waals surface area contributed by atoms with E-state index < -0.39 is 5.92 Å². The fourth-order valence-corrected chi connectivity index (χ4v) is 1.67. The summed E-state index contributed by atoms with van der Waals surface area (Å²) in [5.74, 6) is -0.752. The van der Waals surface area contributed by atoms with Crippen LogP contribution in [0.5, 0.6) is 0 Å². The number of carbonyl (C=O) groups is 2. The van der Waals surface area contributed by atoms with Gasteiger partial charge in [0.1, 0.15) is 5.92 Å². The lowest BCUT2D eigenvalue weighted by molar-refractivity contribution is -0.146. The van der Waals surface area contributed by atoms with Gasteiger partial charge in [-0.1, -0.05) is 6.92 Å². The molecular weight excluding hydrogens is 196 g/mol. The van der Waals surface area contributed by atoms with E-state index in [-0.39, 0.29) is 18.0 Å². The van der Waals surface area contributed by atoms with Crippen LogP contribution in [-0.4, -0.2) is 30.4 Å². The van der Waals surface area contributed by atoms with Crippen LogP contribution >= 0.6 is 0 Å². The number of esters is 1. The van der Waals surface area contributed by atoms with E-state index >= 15 is 0 Å². The van der Waals surface area contributed by atoms with Gasteiger partial charge in [0.25, 0.3) is 0 Å². The lowest BCUT2D eigenvalue weighted by Gasteiger charge is -2.27. The van der Waals surface area contributed by atoms with Crippen molar-refractivity contribution >= 4 is 17.7 Å². The summed E-state index contributed by atoms with van der Waals surface area (Å²) in [4.78, 5) is 26.5. The van der Waals surface area contributed by atoms with Gasteiger partial charge in [0.05, 0.1) is 6.61 Å². The van der Waals surface area contributed by atoms with Gasteiger partial charge in [-0.3, -0.25) is 4.79 Å². The minimum absolute atomic E-state index is 0.246. The first-order chi connectivity index (χ1) is 7.10. The van der Waals surface area contributed by atoms with E-state index in [1.165, 1.54) is 0 Å². The molecule has 0 bridgehead atoms. The van der Waals surface area contributed by atoms with Crippen LogP contribution in [0.25, 0.3) is 0 Å². The molecule has 84 valence electrons. The third-order valence-electron chi connectivity index (χ3n) is 2.36. The molecule has 0 aromatic heterocycles. The summed E-state index contributed by atoms with van der Waals surface area (Å²) < 4.78 is 4.95. The Kier molecular flexibility index (Phi) is 3.82. The van der Waals surface area contributed by atoms with E-state index in [1.807, 2.05) is 6.92 Å². The Bertz CT molecular complexity index is 299. The number of hydrogen-bond acceptors (Lipinski definition) is 3. The van der Waals surface area contributed by atoms with Crippen molar-refractivity contribution in [1.29, 1.82) is 0 Å². The largest absolute Gasteiger partial charge is 0.465 e. The fraction of sp³-hybridized carbons (Fsp3) is 0.700. The first-order valence-corrected chi connectivity index (χ1v) is 5.14. The number of nitrogens with one attached hydrogen (secondary N) is 1. The molecule has 1 N–H and O–H groups in total. The average molecular weight is 212 g/mol. The zero-order valence-corrected chi connectivity index (χ0v) is 9.24. The van der Waals surface area contributed by atoms with Crippen molar-refractivity contribution in [1.82, 2.24) is 5.32 Å². The minimum Gasteiger partial charge on any atom is -0.465 e. The minimum atomic E-state index is -0.437. The molecule has 2 amide bonds. The molecule has 1 rings (SSSR count). The van der Waals surface area contributed by atoms with E-state index in [9.17, 15) is 9.59 Å². The number of amides is 2. The molecule has 0 fully saturated rings. The number of urea groups is 1. The van der Waals surface area contributed by atoms with Gasteiger partial charge in [-0.15, -0.1) is 0 Å². The smallest absolute Gasteiger partial charge is 0.341 e. The first kappa shape index (κ1) is 11.7. The van der Waals surface area contributed by atoms with Crippen molar-refractivity contribution in [3.8, 4) is 0 Å². The monoisotopic (exact) mass is 212 g/mol. The van der Waals surface area contributed by atoms with E-state index in [2.05, 4.69) is 10.3 Å². The van der Waals surface area contributed by atoms with Gasteiger partial charge in [0.2, 0.25) is 0 Å². The molecule has 0 radical (unpaired) electrons. The Morgan fingerprint density at radius 1 is 1.53 bits per heavy atom. The Morgan fingerprint density at radius 2 is 2.20 bits per heavy atom. The molecule has 1 aliphatic rings. The first-order valence-electron chi connectivity index (χ1n) is 5.14. The summed E-state index contributed by atoms with van der Waals surface area (Å²) >= 11 is 0. The molecule has 0 aromatic rings. The van der Waals surface area contributed by atoms with Crippen LogP contribution in [0.4, 0.5) is 4.79 Å². The van der Waals surface area contributed by atoms with Crippen LogP contribution in [0, 0.1) is 5.92 Å². The summed E-state index contributed by atoms with van der Waals surface area (Å²) in [5, 5.41) is 2.61. The van der Waals surface area contributed by atoms with Crippen molar-refractivity contribution in [2.24, 2.45) is 10.9 Å². The van der Waals surface area contributed by atoms with Crippen molar-refractivity contribution in [3.05, 3.63) is 0 Å². The van der Waals surface area contributed by atoms with E-state index in [1.54, 1.807) is 13.8 Å². The number of carbonyl (C=O) groups excluding carboxylic acids is 2. The third kappa shape index (κ3) is 2.55. The van der Waals surface area contributed by atoms with Gasteiger partial charge in [-0.05, 0) is 20.3 Å². The van der Waals surface area contributed by atoms with Crippen molar-refractivity contribution in [2.75, 3.05) is 6.61 Å². The molecule has 1 aliphatic heterocycles. The molecule has 0 aliphatic carbocycles. The normalized spacial score (nSPS) is 25.5. The second-order valence-electron chi connectivity index (χ2n) is 3.42. The summed E-state index contributed by atoms with van der Waals surface area (Å²) in [6.07, 6.45) is 0.585. The van der Waals surface area contributed by atoms with E-state index in [0.717, 1.165) is 0 Å². The maximum atomic E-state index is 11.6. The van der Waals surface area contributed by atoms with Crippen LogP contribution in [0.2, 0.25) is 0 Å². The summed E-state index contributed by atoms with van der Waals surface area (Å²) in [5.41, 5.74) is 0.602. The van der Waals surface area contributed by atoms with Crippen molar-refractivity contribution in [2.45, 2.75) is 33.2 Å². The number of hydrogen-bond donors (Lipinski definition) is 1. The average Bonchev–Trinajstić information content (AvgIpc) is 2.16. The van der Waals surface area contributed by atoms with Crippen LogP contribution in [0.1, 0.15) is 27.2 Å². The van der Waals surface area contributed by atoms with Gasteiger partial charge < -0.3 is 10.1 Å². The molecule has 0 saturated heterocycles. The molecule has 15 heavy (non-hydrogen) atoms.